The molecule has 7 aromatic carbocycles. The first-order valence-corrected chi connectivity index (χ1v) is 30.8. The summed E-state index contributed by atoms with van der Waals surface area (Å²) in [5.74, 6) is 0.823. The second-order valence-electron chi connectivity index (χ2n) is 23.5. The molecule has 0 aromatic heterocycles. The molecule has 4 N–H and O–H groups in total. The van der Waals surface area contributed by atoms with Crippen molar-refractivity contribution < 1.29 is 34.1 Å². The number of hydrogen-bond donors (Lipinski definition) is 4. The van der Waals surface area contributed by atoms with Crippen LogP contribution < -0.4 is 20.1 Å². The number of nitrogens with one attached hydrogen (secondary N) is 2. The smallest absolute Gasteiger partial charge is 0.200 e. The topological polar surface area (TPSA) is 134 Å². The summed E-state index contributed by atoms with van der Waals surface area (Å²) in [6.45, 7) is 8.83. The van der Waals surface area contributed by atoms with Gasteiger partial charge in [0.25, 0.3) is 0 Å². The van der Waals surface area contributed by atoms with Crippen LogP contribution >= 0.6 is 0 Å². The van der Waals surface area contributed by atoms with Gasteiger partial charge in [-0.05, 0) is 184 Å². The molecule has 2 saturated carbocycles. The molecule has 0 aliphatic heterocycles. The summed E-state index contributed by atoms with van der Waals surface area (Å²) in [6.07, 6.45) is 23.3. The van der Waals surface area contributed by atoms with Gasteiger partial charge in [-0.15, -0.1) is 0 Å². The number of anilines is 4. The van der Waals surface area contributed by atoms with Gasteiger partial charge in [-0.3, -0.25) is 14.4 Å². The van der Waals surface area contributed by atoms with E-state index in [0.29, 0.717) is 45.8 Å². The number of rotatable bonds is 24. The third kappa shape index (κ3) is 13.3. The summed E-state index contributed by atoms with van der Waals surface area (Å²) in [7, 11) is 0. The van der Waals surface area contributed by atoms with Crippen molar-refractivity contribution in [1.29, 1.82) is 0 Å². The molecule has 9 heteroatoms. The highest BCUT2D eigenvalue weighted by Gasteiger charge is 2.41. The van der Waals surface area contributed by atoms with Gasteiger partial charge < -0.3 is 30.3 Å². The lowest BCUT2D eigenvalue weighted by Crippen LogP contribution is -2.24. The van der Waals surface area contributed by atoms with Gasteiger partial charge in [-0.1, -0.05) is 140 Å². The van der Waals surface area contributed by atoms with Crippen molar-refractivity contribution in [3.8, 4) is 34.5 Å². The van der Waals surface area contributed by atoms with E-state index >= 15 is 9.59 Å². The predicted octanol–water partition coefficient (Wildman–Crippen LogP) is 19.8. The van der Waals surface area contributed by atoms with Crippen LogP contribution in [0.3, 0.4) is 0 Å². The fourth-order valence-electron chi connectivity index (χ4n) is 12.8. The molecule has 0 bridgehead atoms. The van der Waals surface area contributed by atoms with Crippen molar-refractivity contribution in [2.24, 2.45) is 11.8 Å². The molecule has 7 aromatic rings. The maximum Gasteiger partial charge on any atom is 0.200 e. The first-order valence-electron chi connectivity index (χ1n) is 30.8. The zero-order valence-corrected chi connectivity index (χ0v) is 48.6. The van der Waals surface area contributed by atoms with E-state index in [4.69, 9.17) is 9.47 Å². The van der Waals surface area contributed by atoms with Gasteiger partial charge in [0, 0.05) is 34.6 Å². The minimum Gasteiger partial charge on any atom is -0.504 e. The number of unbranched alkanes of at least 4 members (excludes halogenated alkanes) is 4. The number of ether oxygens (including phenoxy) is 2. The quantitative estimate of drug-likeness (QED) is 0.0345. The molecule has 3 aliphatic carbocycles. The molecule has 0 saturated heterocycles. The molecule has 3 aliphatic rings. The van der Waals surface area contributed by atoms with Crippen LogP contribution in [0, 0.1) is 11.8 Å². The SMILES string of the molecule is CCCCc1ccc(Nc2cc(Oc3ccc(C4CCC(CCCC)CC4)cc3)c(O)c3c2C(=O)c2c(O)c(Oc4ccc(C5CCC(CCCC)CC5)cc4)cc(Nc4ccc(C(=O)c5ccc(CCCC)cc5)cc4)c2C3=O)cc1. The van der Waals surface area contributed by atoms with Crippen LogP contribution in [0.5, 0.6) is 34.5 Å². The van der Waals surface area contributed by atoms with Gasteiger partial charge in [0.1, 0.15) is 11.5 Å². The fraction of sp³-hybridized carbons (Fsp3) is 0.384. The molecule has 0 heterocycles. The second kappa shape index (κ2) is 27.0. The first-order chi connectivity index (χ1) is 40.0. The number of ketones is 3. The molecule has 9 nitrogen and oxygen atoms in total. The second-order valence-corrected chi connectivity index (χ2v) is 23.5. The molecule has 0 spiro atoms. The van der Waals surface area contributed by atoms with Crippen LogP contribution in [0.15, 0.2) is 133 Å². The van der Waals surface area contributed by atoms with Gasteiger partial charge in [-0.2, -0.15) is 0 Å². The minimum atomic E-state index is -0.706. The fourth-order valence-corrected chi connectivity index (χ4v) is 12.8. The van der Waals surface area contributed by atoms with Crippen molar-refractivity contribution in [2.75, 3.05) is 10.6 Å². The number of benzene rings is 7. The lowest BCUT2D eigenvalue weighted by Gasteiger charge is -2.29. The number of hydrogen-bond acceptors (Lipinski definition) is 9. The number of phenolic OH excluding ortho intramolecular Hbond substituents is 2. The van der Waals surface area contributed by atoms with Gasteiger partial charge in [0.05, 0.1) is 33.6 Å². The standard InChI is InChI=1S/C73H82N2O7/c1-5-9-13-47-17-25-51(26-18-47)53-33-41-59(42-34-53)81-63-45-61(74-57-37-23-50(24-38-57)16-12-8-4)65-67(70(63)77)73(80)66-62(75-58-39-31-56(32-40-58)69(76)55-29-21-49(22-30-55)15-11-7-3)46-64(71(78)68(66)72(65)79)82-60-43-35-54(36-44-60)52-27-19-48(20-28-52)14-10-6-2/h21-24,29-48,51-52,74-75,77-78H,5-20,25-28H2,1-4H3. The lowest BCUT2D eigenvalue weighted by atomic mass is 9.77. The van der Waals surface area contributed by atoms with Crippen molar-refractivity contribution in [1.82, 2.24) is 0 Å². The van der Waals surface area contributed by atoms with Crippen LogP contribution in [0.1, 0.15) is 225 Å². The average Bonchev–Trinajstić information content (AvgIpc) is 1.79. The summed E-state index contributed by atoms with van der Waals surface area (Å²) in [6, 6.07) is 41.6. The Morgan fingerprint density at radius 3 is 1.18 bits per heavy atom. The zero-order valence-electron chi connectivity index (χ0n) is 48.6. The van der Waals surface area contributed by atoms with Crippen molar-refractivity contribution in [3.05, 3.63) is 189 Å². The molecular weight excluding hydrogens is 1020 g/mol. The van der Waals surface area contributed by atoms with Gasteiger partial charge >= 0.3 is 0 Å². The predicted molar refractivity (Wildman–Crippen MR) is 331 cm³/mol. The van der Waals surface area contributed by atoms with E-state index in [1.807, 2.05) is 72.8 Å². The Bertz CT molecular complexity index is 3310. The molecular formula is C73H82N2O7. The van der Waals surface area contributed by atoms with E-state index in [1.54, 1.807) is 30.3 Å². The third-order valence-electron chi connectivity index (χ3n) is 17.7. The number of carbonyl (C=O) groups is 3. The number of aryl methyl sites for hydroxylation is 2. The molecule has 0 radical (unpaired) electrons. The molecule has 0 amide bonds. The average molecular weight is 1100 g/mol. The molecule has 0 unspecified atom stereocenters. The molecule has 10 rings (SSSR count). The number of phenols is 2. The van der Waals surface area contributed by atoms with E-state index < -0.39 is 23.1 Å². The third-order valence-corrected chi connectivity index (χ3v) is 17.7. The van der Waals surface area contributed by atoms with Crippen molar-refractivity contribution in [2.45, 2.75) is 168 Å². The maximum absolute atomic E-state index is 15.6. The van der Waals surface area contributed by atoms with Crippen molar-refractivity contribution in [3.63, 3.8) is 0 Å². The van der Waals surface area contributed by atoms with E-state index in [1.165, 1.54) is 92.5 Å². The lowest BCUT2D eigenvalue weighted by molar-refractivity contribution is 0.0974. The Labute approximate surface area is 485 Å². The molecule has 0 atom stereocenters. The van der Waals surface area contributed by atoms with E-state index in [2.05, 4.69) is 62.6 Å². The Kier molecular flexibility index (Phi) is 18.9. The normalized spacial score (nSPS) is 17.7. The first kappa shape index (κ1) is 57.6. The van der Waals surface area contributed by atoms with Crippen molar-refractivity contribution >= 4 is 40.1 Å². The van der Waals surface area contributed by atoms with Gasteiger partial charge in [0.15, 0.2) is 28.8 Å². The van der Waals surface area contributed by atoms with Gasteiger partial charge in [-0.25, -0.2) is 0 Å². The number of aromatic hydroxyl groups is 2. The highest BCUT2D eigenvalue weighted by molar-refractivity contribution is 6.34. The highest BCUT2D eigenvalue weighted by atomic mass is 16.5. The van der Waals surface area contributed by atoms with Crippen LogP contribution in [0.4, 0.5) is 22.7 Å². The highest BCUT2D eigenvalue weighted by Crippen LogP contribution is 2.51. The summed E-state index contributed by atoms with van der Waals surface area (Å²) >= 11 is 0. The molecule has 82 heavy (non-hydrogen) atoms. The Balaban J connectivity index is 1.00. The Morgan fingerprint density at radius 2 is 0.805 bits per heavy atom. The zero-order chi connectivity index (χ0) is 57.1. The monoisotopic (exact) mass is 1100 g/mol. The van der Waals surface area contributed by atoms with Crippen LogP contribution in [0.25, 0.3) is 0 Å². The summed E-state index contributed by atoms with van der Waals surface area (Å²) in [4.78, 5) is 44.9. The summed E-state index contributed by atoms with van der Waals surface area (Å²) < 4.78 is 13.0. The van der Waals surface area contributed by atoms with E-state index in [9.17, 15) is 15.0 Å². The van der Waals surface area contributed by atoms with E-state index in [-0.39, 0.29) is 50.9 Å². The maximum atomic E-state index is 15.6. The molecule has 2 fully saturated rings. The minimum absolute atomic E-state index is 0.0166. The van der Waals surface area contributed by atoms with Gasteiger partial charge in [0.2, 0.25) is 11.6 Å². The van der Waals surface area contributed by atoms with E-state index in [0.717, 1.165) is 76.0 Å². The largest absolute Gasteiger partial charge is 0.504 e. The Hall–Kier alpha value is -7.65. The van der Waals surface area contributed by atoms with Crippen LogP contribution in [0.2, 0.25) is 0 Å². The summed E-state index contributed by atoms with van der Waals surface area (Å²) in [5.41, 5.74) is 6.64. The number of fused-ring (bicyclic) bond motifs is 2. The molecule has 426 valence electrons. The number of carbonyl (C=O) groups excluding carboxylic acids is 3. The van der Waals surface area contributed by atoms with Crippen LogP contribution in [-0.4, -0.2) is 27.6 Å². The van der Waals surface area contributed by atoms with Crippen LogP contribution in [-0.2, 0) is 12.8 Å². The summed E-state index contributed by atoms with van der Waals surface area (Å²) in [5, 5.41) is 31.6. The Morgan fingerprint density at radius 1 is 0.451 bits per heavy atom.